The van der Waals surface area contributed by atoms with Gasteiger partial charge in [-0.05, 0) is 46.8 Å². The van der Waals surface area contributed by atoms with Crippen molar-refractivity contribution in [1.29, 1.82) is 0 Å². The summed E-state index contributed by atoms with van der Waals surface area (Å²) < 4.78 is 12.7. The molecule has 1 aromatic rings. The molecule has 28 heavy (non-hydrogen) atoms. The Hall–Kier alpha value is -1.02. The summed E-state index contributed by atoms with van der Waals surface area (Å²) in [6.45, 7) is 22.7. The number of rotatable bonds is 10. The molecule has 2 heteroatoms. The van der Waals surface area contributed by atoms with E-state index in [0.29, 0.717) is 0 Å². The minimum Gasteiger partial charge on any atom is -0.465 e. The van der Waals surface area contributed by atoms with E-state index in [2.05, 4.69) is 93.5 Å². The molecule has 2 unspecified atom stereocenters. The number of ether oxygens (including phenoxy) is 2. The normalized spacial score (nSPS) is 15.4. The Morgan fingerprint density at radius 3 is 1.86 bits per heavy atom. The van der Waals surface area contributed by atoms with Crippen LogP contribution in [-0.4, -0.2) is 12.4 Å². The lowest BCUT2D eigenvalue weighted by Crippen LogP contribution is -2.34. The van der Waals surface area contributed by atoms with Crippen LogP contribution in [0.4, 0.5) is 0 Å². The van der Waals surface area contributed by atoms with Crippen molar-refractivity contribution in [3.8, 4) is 5.75 Å². The first-order chi connectivity index (χ1) is 12.8. The van der Waals surface area contributed by atoms with E-state index in [0.717, 1.165) is 25.0 Å². The molecule has 2 nitrogen and oxygen atoms in total. The van der Waals surface area contributed by atoms with E-state index in [1.807, 2.05) is 0 Å². The van der Waals surface area contributed by atoms with Crippen LogP contribution < -0.4 is 4.74 Å². The Morgan fingerprint density at radius 2 is 1.43 bits per heavy atom. The molecule has 0 saturated heterocycles. The van der Waals surface area contributed by atoms with Gasteiger partial charge < -0.3 is 9.47 Å². The molecule has 0 aromatic heterocycles. The van der Waals surface area contributed by atoms with Crippen molar-refractivity contribution in [3.05, 3.63) is 29.8 Å². The van der Waals surface area contributed by atoms with Crippen molar-refractivity contribution in [2.75, 3.05) is 0 Å². The van der Waals surface area contributed by atoms with Gasteiger partial charge in [0.15, 0.2) is 0 Å². The molecule has 0 heterocycles. The van der Waals surface area contributed by atoms with Crippen LogP contribution in [0.5, 0.6) is 5.75 Å². The molecule has 162 valence electrons. The zero-order chi connectivity index (χ0) is 21.6. The molecular weight excluding hydrogens is 344 g/mol. The topological polar surface area (TPSA) is 18.5 Å². The molecule has 0 aliphatic carbocycles. The second kappa shape index (κ2) is 10.1. The van der Waals surface area contributed by atoms with Gasteiger partial charge in [0.25, 0.3) is 0 Å². The lowest BCUT2D eigenvalue weighted by Gasteiger charge is -2.39. The van der Waals surface area contributed by atoms with Gasteiger partial charge in [0, 0.05) is 6.42 Å². The van der Waals surface area contributed by atoms with Crippen molar-refractivity contribution < 1.29 is 9.47 Å². The van der Waals surface area contributed by atoms with Gasteiger partial charge in [0.2, 0.25) is 6.29 Å². The maximum atomic E-state index is 6.41. The standard InChI is InChI=1S/C26H46O2/c1-11-13-14-21(12-2)27-23(19-24(3,4)5)28-22-17-15-20(16-18-22)26(9,10)25(6,7)8/h15-18,21,23H,11-14,19H2,1-10H3. The van der Waals surface area contributed by atoms with Crippen molar-refractivity contribution >= 4 is 0 Å². The third-order valence-corrected chi connectivity index (χ3v) is 6.18. The van der Waals surface area contributed by atoms with Crippen molar-refractivity contribution in [2.24, 2.45) is 10.8 Å². The van der Waals surface area contributed by atoms with Gasteiger partial charge in [-0.25, -0.2) is 0 Å². The lowest BCUT2D eigenvalue weighted by molar-refractivity contribution is -0.137. The summed E-state index contributed by atoms with van der Waals surface area (Å²) in [6.07, 6.45) is 5.49. The number of benzene rings is 1. The van der Waals surface area contributed by atoms with E-state index in [4.69, 9.17) is 9.47 Å². The van der Waals surface area contributed by atoms with Crippen molar-refractivity contribution in [1.82, 2.24) is 0 Å². The largest absolute Gasteiger partial charge is 0.465 e. The number of hydrogen-bond acceptors (Lipinski definition) is 2. The molecule has 0 fully saturated rings. The third kappa shape index (κ3) is 7.78. The second-order valence-electron chi connectivity index (χ2n) is 11.0. The Morgan fingerprint density at radius 1 is 0.857 bits per heavy atom. The molecule has 0 aliphatic heterocycles. The van der Waals surface area contributed by atoms with Crippen LogP contribution in [0.1, 0.15) is 107 Å². The average Bonchev–Trinajstić information content (AvgIpc) is 2.56. The minimum absolute atomic E-state index is 0.0975. The molecule has 0 aliphatic rings. The Bertz CT molecular complexity index is 558. The van der Waals surface area contributed by atoms with E-state index < -0.39 is 0 Å². The minimum atomic E-state index is -0.205. The molecule has 2 atom stereocenters. The lowest BCUT2D eigenvalue weighted by atomic mass is 9.65. The fourth-order valence-corrected chi connectivity index (χ4v) is 3.17. The van der Waals surface area contributed by atoms with Gasteiger partial charge in [0.1, 0.15) is 5.75 Å². The van der Waals surface area contributed by atoms with Crippen LogP contribution >= 0.6 is 0 Å². The highest BCUT2D eigenvalue weighted by Gasteiger charge is 2.34. The maximum absolute atomic E-state index is 6.41. The molecule has 1 rings (SSSR count). The molecule has 0 radical (unpaired) electrons. The van der Waals surface area contributed by atoms with Gasteiger partial charge in [-0.15, -0.1) is 0 Å². The van der Waals surface area contributed by atoms with Gasteiger partial charge in [-0.3, -0.25) is 0 Å². The van der Waals surface area contributed by atoms with E-state index in [-0.39, 0.29) is 28.6 Å². The average molecular weight is 391 g/mol. The highest BCUT2D eigenvalue weighted by atomic mass is 16.7. The molecule has 0 N–H and O–H groups in total. The van der Waals surface area contributed by atoms with Crippen LogP contribution in [0.2, 0.25) is 0 Å². The van der Waals surface area contributed by atoms with Crippen LogP contribution in [0, 0.1) is 10.8 Å². The third-order valence-electron chi connectivity index (χ3n) is 6.18. The highest BCUT2D eigenvalue weighted by molar-refractivity contribution is 5.33. The first kappa shape index (κ1) is 25.0. The molecule has 0 amide bonds. The summed E-state index contributed by atoms with van der Waals surface area (Å²) in [5.41, 5.74) is 1.79. The van der Waals surface area contributed by atoms with Crippen molar-refractivity contribution in [3.63, 3.8) is 0 Å². The highest BCUT2D eigenvalue weighted by Crippen LogP contribution is 2.41. The fourth-order valence-electron chi connectivity index (χ4n) is 3.17. The van der Waals surface area contributed by atoms with Crippen LogP contribution in [0.3, 0.4) is 0 Å². The molecule has 0 saturated carbocycles. The van der Waals surface area contributed by atoms with Gasteiger partial charge >= 0.3 is 0 Å². The maximum Gasteiger partial charge on any atom is 0.200 e. The van der Waals surface area contributed by atoms with Crippen LogP contribution in [0.25, 0.3) is 0 Å². The summed E-state index contributed by atoms with van der Waals surface area (Å²) >= 11 is 0. The molecular formula is C26H46O2. The Balaban J connectivity index is 2.93. The Labute approximate surface area is 175 Å². The monoisotopic (exact) mass is 390 g/mol. The smallest absolute Gasteiger partial charge is 0.200 e. The van der Waals surface area contributed by atoms with Crippen LogP contribution in [0.15, 0.2) is 24.3 Å². The van der Waals surface area contributed by atoms with E-state index in [9.17, 15) is 0 Å². The summed E-state index contributed by atoms with van der Waals surface area (Å²) in [6, 6.07) is 8.63. The summed E-state index contributed by atoms with van der Waals surface area (Å²) in [4.78, 5) is 0. The summed E-state index contributed by atoms with van der Waals surface area (Å²) in [5.74, 6) is 0.896. The predicted octanol–water partition coefficient (Wildman–Crippen LogP) is 8.14. The Kier molecular flexibility index (Phi) is 9.06. The zero-order valence-corrected chi connectivity index (χ0v) is 20.3. The molecule has 1 aromatic carbocycles. The predicted molar refractivity (Wildman–Crippen MR) is 122 cm³/mol. The first-order valence-electron chi connectivity index (χ1n) is 11.2. The van der Waals surface area contributed by atoms with E-state index in [1.54, 1.807) is 0 Å². The molecule has 0 bridgehead atoms. The number of unbranched alkanes of at least 4 members (excludes halogenated alkanes) is 1. The van der Waals surface area contributed by atoms with Crippen LogP contribution in [-0.2, 0) is 10.2 Å². The van der Waals surface area contributed by atoms with Gasteiger partial charge in [0.05, 0.1) is 6.10 Å². The molecule has 0 spiro atoms. The van der Waals surface area contributed by atoms with Gasteiger partial charge in [-0.2, -0.15) is 0 Å². The van der Waals surface area contributed by atoms with Crippen molar-refractivity contribution in [2.45, 2.75) is 119 Å². The van der Waals surface area contributed by atoms with E-state index in [1.165, 1.54) is 18.4 Å². The summed E-state index contributed by atoms with van der Waals surface area (Å²) in [5, 5.41) is 0. The first-order valence-corrected chi connectivity index (χ1v) is 11.2. The SMILES string of the molecule is CCCCC(CC)OC(CC(C)(C)C)Oc1ccc(C(C)(C)C(C)(C)C)cc1. The summed E-state index contributed by atoms with van der Waals surface area (Å²) in [7, 11) is 0. The van der Waals surface area contributed by atoms with Gasteiger partial charge in [-0.1, -0.05) is 94.2 Å². The zero-order valence-electron chi connectivity index (χ0n) is 20.3. The quantitative estimate of drug-likeness (QED) is 0.375. The van der Waals surface area contributed by atoms with E-state index >= 15 is 0 Å². The fraction of sp³-hybridized carbons (Fsp3) is 0.769. The second-order valence-corrected chi connectivity index (χ2v) is 11.0. The number of hydrogen-bond donors (Lipinski definition) is 0.